The van der Waals surface area contributed by atoms with Gasteiger partial charge in [-0.15, -0.1) is 0 Å². The highest BCUT2D eigenvalue weighted by atomic mass is 19.3. The minimum Gasteiger partial charge on any atom is -0.417 e. The highest BCUT2D eigenvalue weighted by Crippen LogP contribution is 2.48. The summed E-state index contributed by atoms with van der Waals surface area (Å²) >= 11 is 0. The first-order valence-electron chi connectivity index (χ1n) is 8.33. The van der Waals surface area contributed by atoms with Crippen LogP contribution in [-0.4, -0.2) is 41.8 Å². The molecular weight excluding hydrogens is 350 g/mol. The van der Waals surface area contributed by atoms with Gasteiger partial charge in [0.1, 0.15) is 11.3 Å². The third-order valence-electron chi connectivity index (χ3n) is 5.22. The number of pyridine rings is 1. The molecule has 1 aromatic heterocycles. The van der Waals surface area contributed by atoms with Gasteiger partial charge in [-0.25, -0.2) is 14.2 Å². The summed E-state index contributed by atoms with van der Waals surface area (Å²) in [6.07, 6.45) is 3.83. The molecule has 1 aromatic rings. The number of aliphatic hydroxyl groups is 1. The van der Waals surface area contributed by atoms with E-state index in [1.807, 2.05) is 0 Å². The maximum atomic E-state index is 14.2. The summed E-state index contributed by atoms with van der Waals surface area (Å²) in [4.78, 5) is 15.9. The summed E-state index contributed by atoms with van der Waals surface area (Å²) in [5.41, 5.74) is -4.05. The quantitative estimate of drug-likeness (QED) is 0.548. The molecule has 140 valence electrons. The monoisotopic (exact) mass is 369 g/mol. The molecule has 3 N–H and O–H groups in total. The molecule has 4 rings (SSSR count). The van der Waals surface area contributed by atoms with Crippen molar-refractivity contribution in [2.75, 3.05) is 0 Å². The number of rotatable bonds is 5. The molecule has 1 unspecified atom stereocenters. The van der Waals surface area contributed by atoms with Crippen molar-refractivity contribution < 1.29 is 27.8 Å². The topological polar surface area (TPSA) is 83.5 Å². The van der Waals surface area contributed by atoms with Gasteiger partial charge in [0.15, 0.2) is 7.85 Å². The van der Waals surface area contributed by atoms with Gasteiger partial charge in [0, 0.05) is 23.4 Å². The van der Waals surface area contributed by atoms with Crippen molar-refractivity contribution in [3.63, 3.8) is 0 Å². The third-order valence-corrected chi connectivity index (χ3v) is 5.22. The maximum absolute atomic E-state index is 14.2. The average Bonchev–Trinajstić information content (AvgIpc) is 2.55. The Morgan fingerprint density at radius 1 is 1.31 bits per heavy atom. The van der Waals surface area contributed by atoms with E-state index in [1.165, 1.54) is 6.07 Å². The minimum absolute atomic E-state index is 0.0779. The second-order valence-electron chi connectivity index (χ2n) is 7.04. The highest BCUT2D eigenvalue weighted by Gasteiger charge is 2.49. The normalized spacial score (nSPS) is 29.9. The first-order chi connectivity index (χ1) is 12.1. The average molecular weight is 369 g/mol. The van der Waals surface area contributed by atoms with E-state index in [0.29, 0.717) is 38.5 Å². The van der Waals surface area contributed by atoms with E-state index in [2.05, 4.69) is 20.4 Å². The summed E-state index contributed by atoms with van der Waals surface area (Å²) in [6, 6.07) is 1.54. The van der Waals surface area contributed by atoms with Gasteiger partial charge >= 0.3 is 12.6 Å². The van der Waals surface area contributed by atoms with E-state index in [-0.39, 0.29) is 5.56 Å². The van der Waals surface area contributed by atoms with Gasteiger partial charge in [0.05, 0.1) is 0 Å². The molecule has 6 nitrogen and oxygen atoms in total. The number of halogens is 3. The number of fused-ring (bicyclic) bond motifs is 3. The van der Waals surface area contributed by atoms with Gasteiger partial charge < -0.3 is 20.5 Å². The molecule has 0 aromatic carbocycles. The molecule has 2 radical (unpaired) electrons. The molecule has 3 saturated carbocycles. The first kappa shape index (κ1) is 18.8. The fourth-order valence-corrected chi connectivity index (χ4v) is 3.65. The van der Waals surface area contributed by atoms with Crippen molar-refractivity contribution >= 4 is 13.9 Å². The molecule has 1 heterocycles. The molecule has 26 heavy (non-hydrogen) atoms. The van der Waals surface area contributed by atoms with Crippen LogP contribution in [0.4, 0.5) is 18.0 Å². The van der Waals surface area contributed by atoms with E-state index in [9.17, 15) is 23.1 Å². The smallest absolute Gasteiger partial charge is 0.388 e. The lowest BCUT2D eigenvalue weighted by Crippen LogP contribution is -2.61. The predicted molar refractivity (Wildman–Crippen MR) is 86.5 cm³/mol. The van der Waals surface area contributed by atoms with Crippen molar-refractivity contribution in [3.8, 4) is 5.88 Å². The van der Waals surface area contributed by atoms with Crippen LogP contribution in [0.2, 0.25) is 0 Å². The largest absolute Gasteiger partial charge is 0.417 e. The van der Waals surface area contributed by atoms with Crippen LogP contribution in [-0.2, 0) is 5.62 Å². The number of hydrogen-bond acceptors (Lipinski definition) is 4. The number of carbonyl (C=O) groups is 1. The summed E-state index contributed by atoms with van der Waals surface area (Å²) in [7, 11) is 5.71. The Balaban J connectivity index is 1.65. The number of hydrogen-bond donors (Lipinski definition) is 3. The summed E-state index contributed by atoms with van der Waals surface area (Å²) in [5, 5.41) is 15.3. The van der Waals surface area contributed by atoms with Gasteiger partial charge in [-0.1, -0.05) is 0 Å². The molecule has 3 fully saturated rings. The van der Waals surface area contributed by atoms with Gasteiger partial charge in [0.2, 0.25) is 5.88 Å². The van der Waals surface area contributed by atoms with Crippen LogP contribution in [0.25, 0.3) is 0 Å². The lowest BCUT2D eigenvalue weighted by atomic mass is 9.64. The zero-order chi connectivity index (χ0) is 19.0. The van der Waals surface area contributed by atoms with Crippen molar-refractivity contribution in [2.45, 2.75) is 62.0 Å². The number of ether oxygens (including phenoxy) is 1. The van der Waals surface area contributed by atoms with Crippen molar-refractivity contribution in [1.29, 1.82) is 0 Å². The van der Waals surface area contributed by atoms with Crippen LogP contribution in [0.5, 0.6) is 5.88 Å². The van der Waals surface area contributed by atoms with E-state index < -0.39 is 35.4 Å². The molecule has 3 aliphatic carbocycles. The first-order valence-corrected chi connectivity index (χ1v) is 8.33. The maximum Gasteiger partial charge on any atom is 0.388 e. The van der Waals surface area contributed by atoms with Gasteiger partial charge in [-0.2, -0.15) is 8.78 Å². The fraction of sp³-hybridized carbons (Fsp3) is 0.625. The van der Waals surface area contributed by atoms with Crippen molar-refractivity contribution in [2.24, 2.45) is 0 Å². The van der Waals surface area contributed by atoms with Crippen LogP contribution in [0.3, 0.4) is 0 Å². The predicted octanol–water partition coefficient (Wildman–Crippen LogP) is 2.07. The Morgan fingerprint density at radius 2 is 1.92 bits per heavy atom. The second-order valence-corrected chi connectivity index (χ2v) is 7.04. The van der Waals surface area contributed by atoms with Gasteiger partial charge in [-0.3, -0.25) is 0 Å². The Labute approximate surface area is 149 Å². The van der Waals surface area contributed by atoms with Crippen LogP contribution >= 0.6 is 0 Å². The summed E-state index contributed by atoms with van der Waals surface area (Å²) in [5.74, 6) is -0.443. The Kier molecular flexibility index (Phi) is 4.81. The van der Waals surface area contributed by atoms with Crippen molar-refractivity contribution in [1.82, 2.24) is 15.6 Å². The number of amides is 2. The number of nitrogens with one attached hydrogen (secondary N) is 2. The number of nitrogens with zero attached hydrogens (tertiary/aromatic N) is 1. The molecule has 0 saturated heterocycles. The van der Waals surface area contributed by atoms with Crippen LogP contribution in [0, 0.1) is 0 Å². The number of alkyl halides is 3. The molecule has 2 amide bonds. The highest BCUT2D eigenvalue weighted by molar-refractivity contribution is 6.15. The van der Waals surface area contributed by atoms with Crippen molar-refractivity contribution in [3.05, 3.63) is 23.9 Å². The zero-order valence-corrected chi connectivity index (χ0v) is 14.0. The van der Waals surface area contributed by atoms with E-state index in [1.54, 1.807) is 0 Å². The molecule has 1 atom stereocenters. The Morgan fingerprint density at radius 3 is 2.50 bits per heavy atom. The summed E-state index contributed by atoms with van der Waals surface area (Å²) < 4.78 is 42.9. The molecule has 10 heteroatoms. The standard InChI is InChI=1S/C16H19BF3N3O3/c17-16(25,10-1-8-21-11(9-10)26-12(18)19)23-13(24)22-15-5-2-14(20,3-6-15)4-7-15/h1,8-9,12,25H,2-7H2,(H2,22,23,24). The van der Waals surface area contributed by atoms with Gasteiger partial charge in [-0.05, 0) is 44.6 Å². The molecule has 3 aliphatic rings. The minimum atomic E-state index is -3.08. The number of urea groups is 1. The Hall–Kier alpha value is -1.97. The van der Waals surface area contributed by atoms with Crippen LogP contribution in [0.1, 0.15) is 44.1 Å². The number of aromatic nitrogens is 1. The SMILES string of the molecule is [B]C(O)(NC(=O)NC12CCC(F)(CC1)CC2)c1ccnc(OC(F)F)c1. The molecular formula is C16H19BF3N3O3. The third kappa shape index (κ3) is 4.05. The van der Waals surface area contributed by atoms with Gasteiger partial charge in [0.25, 0.3) is 0 Å². The molecule has 0 aliphatic heterocycles. The van der Waals surface area contributed by atoms with Crippen LogP contribution in [0.15, 0.2) is 18.3 Å². The van der Waals surface area contributed by atoms with E-state index in [0.717, 1.165) is 12.3 Å². The van der Waals surface area contributed by atoms with E-state index >= 15 is 0 Å². The number of carbonyl (C=O) groups excluding carboxylic acids is 1. The lowest BCUT2D eigenvalue weighted by Gasteiger charge is -2.50. The second kappa shape index (κ2) is 6.64. The lowest BCUT2D eigenvalue weighted by molar-refractivity contribution is -0.0531. The molecule has 0 spiro atoms. The molecule has 2 bridgehead atoms. The van der Waals surface area contributed by atoms with E-state index in [4.69, 9.17) is 7.85 Å². The Bertz CT molecular complexity index is 665. The van der Waals surface area contributed by atoms with Crippen LogP contribution < -0.4 is 15.4 Å². The summed E-state index contributed by atoms with van der Waals surface area (Å²) in [6.45, 7) is -3.08. The zero-order valence-electron chi connectivity index (χ0n) is 14.0. The fourth-order valence-electron chi connectivity index (χ4n) is 3.65.